The van der Waals surface area contributed by atoms with E-state index >= 15 is 0 Å². The minimum absolute atomic E-state index is 0. The van der Waals surface area contributed by atoms with E-state index in [-0.39, 0.29) is 52.8 Å². The van der Waals surface area contributed by atoms with Crippen LogP contribution in [0.3, 0.4) is 0 Å². The number of rotatable bonds is 2. The van der Waals surface area contributed by atoms with Gasteiger partial charge in [-0.05, 0) is 17.0 Å². The summed E-state index contributed by atoms with van der Waals surface area (Å²) in [5.41, 5.74) is 1.39. The van der Waals surface area contributed by atoms with Gasteiger partial charge in [0.15, 0.2) is 0 Å². The standard InChI is InChI=1S/C11H10S.K.H/c1-2-5-10(6-3-1)9-11-7-4-8-12-11;;/h1-8H,9H2;;/q;+1;-1. The molecule has 62 valence electrons. The quantitative estimate of drug-likeness (QED) is 0.637. The zero-order chi connectivity index (χ0) is 8.23. The van der Waals surface area contributed by atoms with E-state index in [0.29, 0.717) is 0 Å². The molecule has 0 saturated carbocycles. The molecule has 0 radical (unpaired) electrons. The predicted octanol–water partition coefficient (Wildman–Crippen LogP) is 0.455. The molecule has 0 bridgehead atoms. The van der Waals surface area contributed by atoms with Crippen LogP contribution in [0.5, 0.6) is 0 Å². The Morgan fingerprint density at radius 3 is 2.38 bits per heavy atom. The van der Waals surface area contributed by atoms with Crippen molar-refractivity contribution in [1.82, 2.24) is 0 Å². The summed E-state index contributed by atoms with van der Waals surface area (Å²) < 4.78 is 0. The molecule has 0 aliphatic rings. The smallest absolute Gasteiger partial charge is 1.00 e. The van der Waals surface area contributed by atoms with Crippen molar-refractivity contribution in [3.05, 3.63) is 58.3 Å². The molecule has 0 fully saturated rings. The summed E-state index contributed by atoms with van der Waals surface area (Å²) in [5, 5.41) is 2.12. The van der Waals surface area contributed by atoms with Gasteiger partial charge >= 0.3 is 51.4 Å². The topological polar surface area (TPSA) is 0 Å². The fourth-order valence-electron chi connectivity index (χ4n) is 1.21. The van der Waals surface area contributed by atoms with E-state index in [9.17, 15) is 0 Å². The Labute approximate surface area is 127 Å². The molecular formula is C11H11KS. The second kappa shape index (κ2) is 6.12. The molecule has 0 aliphatic heterocycles. The summed E-state index contributed by atoms with van der Waals surface area (Å²) in [6.45, 7) is 0. The fourth-order valence-corrected chi connectivity index (χ4v) is 1.95. The molecule has 2 heteroatoms. The van der Waals surface area contributed by atoms with E-state index < -0.39 is 0 Å². The molecule has 1 heterocycles. The zero-order valence-corrected chi connectivity index (χ0v) is 11.7. The van der Waals surface area contributed by atoms with E-state index in [1.807, 2.05) is 11.3 Å². The number of benzene rings is 1. The molecule has 0 unspecified atom stereocenters. The molecule has 0 nitrogen and oxygen atoms in total. The number of thiophene rings is 1. The van der Waals surface area contributed by atoms with E-state index in [1.165, 1.54) is 10.4 Å². The number of hydrogen-bond acceptors (Lipinski definition) is 1. The van der Waals surface area contributed by atoms with Crippen molar-refractivity contribution in [2.24, 2.45) is 0 Å². The Hall–Kier alpha value is 0.556. The average Bonchev–Trinajstić information content (AvgIpc) is 2.59. The van der Waals surface area contributed by atoms with E-state index in [4.69, 9.17) is 0 Å². The molecule has 0 saturated heterocycles. The molecule has 13 heavy (non-hydrogen) atoms. The van der Waals surface area contributed by atoms with Gasteiger partial charge in [-0.15, -0.1) is 11.3 Å². The predicted molar refractivity (Wildman–Crippen MR) is 54.7 cm³/mol. The molecule has 2 aromatic rings. The first kappa shape index (κ1) is 11.6. The summed E-state index contributed by atoms with van der Waals surface area (Å²) in [6.07, 6.45) is 1.07. The van der Waals surface area contributed by atoms with Crippen molar-refractivity contribution in [3.63, 3.8) is 0 Å². The molecule has 2 rings (SSSR count). The monoisotopic (exact) mass is 214 g/mol. The van der Waals surface area contributed by atoms with Gasteiger partial charge in [0.05, 0.1) is 0 Å². The van der Waals surface area contributed by atoms with Gasteiger partial charge in [0, 0.05) is 11.3 Å². The van der Waals surface area contributed by atoms with Crippen LogP contribution in [0.25, 0.3) is 0 Å². The summed E-state index contributed by atoms with van der Waals surface area (Å²) in [5.74, 6) is 0. The van der Waals surface area contributed by atoms with Crippen LogP contribution in [0.15, 0.2) is 47.8 Å². The molecule has 0 spiro atoms. The van der Waals surface area contributed by atoms with Crippen LogP contribution in [-0.4, -0.2) is 0 Å². The Balaban J connectivity index is 0.000000845. The largest absolute Gasteiger partial charge is 1.00 e. The van der Waals surface area contributed by atoms with Crippen LogP contribution in [-0.2, 0) is 6.42 Å². The third kappa shape index (κ3) is 3.66. The van der Waals surface area contributed by atoms with Crippen LogP contribution < -0.4 is 51.4 Å². The summed E-state index contributed by atoms with van der Waals surface area (Å²) in [4.78, 5) is 1.43. The molecule has 1 aromatic carbocycles. The van der Waals surface area contributed by atoms with Crippen LogP contribution in [0.4, 0.5) is 0 Å². The maximum absolute atomic E-state index is 2.18. The second-order valence-corrected chi connectivity index (χ2v) is 3.77. The first-order valence-electron chi connectivity index (χ1n) is 4.01. The molecule has 0 N–H and O–H groups in total. The normalized spacial score (nSPS) is 9.23. The van der Waals surface area contributed by atoms with Crippen molar-refractivity contribution in [2.45, 2.75) is 6.42 Å². The van der Waals surface area contributed by atoms with Crippen molar-refractivity contribution in [3.8, 4) is 0 Å². The SMILES string of the molecule is [H-].[K+].c1ccc(Cc2cccs2)cc1. The van der Waals surface area contributed by atoms with E-state index in [0.717, 1.165) is 6.42 Å². The van der Waals surface area contributed by atoms with Gasteiger partial charge in [0.1, 0.15) is 0 Å². The first-order chi connectivity index (χ1) is 5.95. The van der Waals surface area contributed by atoms with Gasteiger partial charge in [-0.2, -0.15) is 0 Å². The van der Waals surface area contributed by atoms with Crippen molar-refractivity contribution < 1.29 is 52.8 Å². The Morgan fingerprint density at radius 2 is 1.77 bits per heavy atom. The first-order valence-corrected chi connectivity index (χ1v) is 4.89. The minimum Gasteiger partial charge on any atom is -1.00 e. The molecular weight excluding hydrogens is 203 g/mol. The summed E-state index contributed by atoms with van der Waals surface area (Å²) >= 11 is 1.82. The van der Waals surface area contributed by atoms with Gasteiger partial charge in [-0.1, -0.05) is 36.4 Å². The number of hydrogen-bond donors (Lipinski definition) is 0. The van der Waals surface area contributed by atoms with Crippen LogP contribution >= 0.6 is 11.3 Å². The van der Waals surface area contributed by atoms with Gasteiger partial charge in [-0.25, -0.2) is 0 Å². The van der Waals surface area contributed by atoms with E-state index in [2.05, 4.69) is 47.8 Å². The van der Waals surface area contributed by atoms with Gasteiger partial charge in [0.2, 0.25) is 0 Å². The van der Waals surface area contributed by atoms with Crippen molar-refractivity contribution in [1.29, 1.82) is 0 Å². The van der Waals surface area contributed by atoms with Gasteiger partial charge in [0.25, 0.3) is 0 Å². The Morgan fingerprint density at radius 1 is 1.00 bits per heavy atom. The van der Waals surface area contributed by atoms with Crippen LogP contribution in [0, 0.1) is 0 Å². The summed E-state index contributed by atoms with van der Waals surface area (Å²) in [7, 11) is 0. The third-order valence-electron chi connectivity index (χ3n) is 1.80. The van der Waals surface area contributed by atoms with Crippen molar-refractivity contribution >= 4 is 11.3 Å². The molecule has 0 atom stereocenters. The second-order valence-electron chi connectivity index (χ2n) is 2.74. The van der Waals surface area contributed by atoms with Gasteiger partial charge in [-0.3, -0.25) is 0 Å². The molecule has 0 amide bonds. The summed E-state index contributed by atoms with van der Waals surface area (Å²) in [6, 6.07) is 14.8. The average molecular weight is 214 g/mol. The van der Waals surface area contributed by atoms with Gasteiger partial charge < -0.3 is 1.43 Å². The third-order valence-corrected chi connectivity index (χ3v) is 2.68. The Kier molecular flexibility index (Phi) is 5.47. The molecule has 0 aliphatic carbocycles. The van der Waals surface area contributed by atoms with Crippen molar-refractivity contribution in [2.75, 3.05) is 0 Å². The fraction of sp³-hybridized carbons (Fsp3) is 0.0909. The van der Waals surface area contributed by atoms with E-state index in [1.54, 1.807) is 0 Å². The van der Waals surface area contributed by atoms with Crippen LogP contribution in [0.1, 0.15) is 11.9 Å². The zero-order valence-electron chi connectivity index (χ0n) is 8.73. The Bertz CT molecular complexity index is 331. The molecule has 1 aromatic heterocycles. The maximum Gasteiger partial charge on any atom is 1.00 e. The van der Waals surface area contributed by atoms with Crippen LogP contribution in [0.2, 0.25) is 0 Å². The maximum atomic E-state index is 2.18. The minimum atomic E-state index is 0.